The number of esters is 1. The maximum Gasteiger partial charge on any atom is 0.308 e. The lowest BCUT2D eigenvalue weighted by atomic mass is 10.2. The first kappa shape index (κ1) is 14.3. The van der Waals surface area contributed by atoms with Crippen LogP contribution >= 0.6 is 23.2 Å². The van der Waals surface area contributed by atoms with Gasteiger partial charge in [-0.15, -0.1) is 5.10 Å². The quantitative estimate of drug-likeness (QED) is 0.289. The molecule has 1 rings (SSSR count). The second kappa shape index (κ2) is 6.23. The van der Waals surface area contributed by atoms with Crippen LogP contribution in [0, 0.1) is 0 Å². The van der Waals surface area contributed by atoms with E-state index in [2.05, 4.69) is 10.2 Å². The summed E-state index contributed by atoms with van der Waals surface area (Å²) in [5, 5.41) is 7.56. The van der Waals surface area contributed by atoms with Crippen molar-refractivity contribution in [3.05, 3.63) is 27.7 Å². The summed E-state index contributed by atoms with van der Waals surface area (Å²) < 4.78 is 4.96. The molecule has 0 radical (unpaired) electrons. The lowest BCUT2D eigenvalue weighted by Gasteiger charge is -2.07. The molecule has 96 valence electrons. The van der Waals surface area contributed by atoms with Crippen molar-refractivity contribution in [3.63, 3.8) is 0 Å². The molecule has 0 heterocycles. The van der Waals surface area contributed by atoms with Gasteiger partial charge in [0.2, 0.25) is 5.96 Å². The molecule has 0 amide bonds. The minimum absolute atomic E-state index is 0.142. The van der Waals surface area contributed by atoms with Crippen molar-refractivity contribution in [3.8, 4) is 5.75 Å². The number of halogens is 2. The molecule has 0 aliphatic carbocycles. The van der Waals surface area contributed by atoms with E-state index in [4.69, 9.17) is 39.4 Å². The minimum atomic E-state index is -0.518. The minimum Gasteiger partial charge on any atom is -0.424 e. The molecule has 0 atom stereocenters. The smallest absolute Gasteiger partial charge is 0.308 e. The summed E-state index contributed by atoms with van der Waals surface area (Å²) in [6.07, 6.45) is 1.27. The molecule has 0 fully saturated rings. The highest BCUT2D eigenvalue weighted by atomic mass is 35.5. The van der Waals surface area contributed by atoms with Crippen molar-refractivity contribution < 1.29 is 9.53 Å². The lowest BCUT2D eigenvalue weighted by Crippen LogP contribution is -2.21. The summed E-state index contributed by atoms with van der Waals surface area (Å²) in [7, 11) is 0. The van der Waals surface area contributed by atoms with Crippen molar-refractivity contribution in [2.75, 3.05) is 0 Å². The molecule has 0 unspecified atom stereocenters. The van der Waals surface area contributed by atoms with Gasteiger partial charge in [-0.05, 0) is 12.1 Å². The van der Waals surface area contributed by atoms with E-state index in [0.29, 0.717) is 10.6 Å². The van der Waals surface area contributed by atoms with E-state index in [1.165, 1.54) is 25.3 Å². The molecule has 0 saturated carbocycles. The molecule has 0 aliphatic rings. The van der Waals surface area contributed by atoms with E-state index >= 15 is 0 Å². The molecule has 0 aliphatic heterocycles. The van der Waals surface area contributed by atoms with Crippen LogP contribution in [-0.4, -0.2) is 18.1 Å². The van der Waals surface area contributed by atoms with Crippen molar-refractivity contribution >= 4 is 41.3 Å². The predicted molar refractivity (Wildman–Crippen MR) is 71.2 cm³/mol. The summed E-state index contributed by atoms with van der Waals surface area (Å²) in [4.78, 5) is 11.0. The first-order valence-electron chi connectivity index (χ1n) is 4.69. The molecule has 4 N–H and O–H groups in total. The van der Waals surface area contributed by atoms with E-state index in [1.54, 1.807) is 0 Å². The second-order valence-corrected chi connectivity index (χ2v) is 4.01. The Bertz CT molecular complexity index is 525. The van der Waals surface area contributed by atoms with Gasteiger partial charge in [-0.25, -0.2) is 0 Å². The molecule has 8 heteroatoms. The second-order valence-electron chi connectivity index (χ2n) is 3.17. The summed E-state index contributed by atoms with van der Waals surface area (Å²) in [5.74, 6) is -0.577. The van der Waals surface area contributed by atoms with Gasteiger partial charge in [0, 0.05) is 17.5 Å². The van der Waals surface area contributed by atoms with Gasteiger partial charge in [0.1, 0.15) is 0 Å². The van der Waals surface area contributed by atoms with E-state index in [-0.39, 0.29) is 16.7 Å². The van der Waals surface area contributed by atoms with Crippen LogP contribution in [-0.2, 0) is 4.79 Å². The van der Waals surface area contributed by atoms with Crippen molar-refractivity contribution in [1.29, 1.82) is 0 Å². The van der Waals surface area contributed by atoms with Gasteiger partial charge < -0.3 is 16.2 Å². The number of benzene rings is 1. The molecule has 0 saturated heterocycles. The van der Waals surface area contributed by atoms with Crippen LogP contribution in [0.5, 0.6) is 5.75 Å². The Morgan fingerprint density at radius 3 is 2.61 bits per heavy atom. The predicted octanol–water partition coefficient (Wildman–Crippen LogP) is 1.53. The number of hydrogen-bond donors (Lipinski definition) is 2. The van der Waals surface area contributed by atoms with Crippen LogP contribution in [0.1, 0.15) is 12.5 Å². The van der Waals surface area contributed by atoms with Crippen LogP contribution in [0.4, 0.5) is 0 Å². The van der Waals surface area contributed by atoms with E-state index < -0.39 is 5.97 Å². The lowest BCUT2D eigenvalue weighted by molar-refractivity contribution is -0.131. The summed E-state index contributed by atoms with van der Waals surface area (Å²) in [5.41, 5.74) is 10.6. The zero-order valence-corrected chi connectivity index (χ0v) is 10.9. The Morgan fingerprint density at radius 1 is 1.39 bits per heavy atom. The third kappa shape index (κ3) is 4.23. The van der Waals surface area contributed by atoms with Gasteiger partial charge in [-0.2, -0.15) is 5.10 Å². The van der Waals surface area contributed by atoms with Crippen molar-refractivity contribution in [2.45, 2.75) is 6.92 Å². The van der Waals surface area contributed by atoms with E-state index in [9.17, 15) is 4.79 Å². The first-order valence-corrected chi connectivity index (χ1v) is 5.45. The van der Waals surface area contributed by atoms with Gasteiger partial charge >= 0.3 is 5.97 Å². The van der Waals surface area contributed by atoms with Crippen molar-refractivity contribution in [2.24, 2.45) is 21.7 Å². The molecule has 6 nitrogen and oxygen atoms in total. The Balaban J connectivity index is 3.18. The Labute approximate surface area is 113 Å². The van der Waals surface area contributed by atoms with Crippen LogP contribution in [0.25, 0.3) is 0 Å². The molecule has 0 spiro atoms. The van der Waals surface area contributed by atoms with Crippen LogP contribution in [0.2, 0.25) is 10.0 Å². The fourth-order valence-corrected chi connectivity index (χ4v) is 1.63. The number of ether oxygens (including phenoxy) is 1. The maximum absolute atomic E-state index is 11.0. The number of guanidine groups is 1. The highest BCUT2D eigenvalue weighted by Crippen LogP contribution is 2.31. The largest absolute Gasteiger partial charge is 0.424 e. The molecule has 1 aromatic carbocycles. The fraction of sp³-hybridized carbons (Fsp3) is 0.100. The molecule has 0 aromatic heterocycles. The monoisotopic (exact) mass is 288 g/mol. The zero-order chi connectivity index (χ0) is 13.7. The fourth-order valence-electron chi connectivity index (χ4n) is 1.09. The highest BCUT2D eigenvalue weighted by molar-refractivity contribution is 6.36. The van der Waals surface area contributed by atoms with E-state index in [1.807, 2.05) is 0 Å². The number of carbonyl (C=O) groups is 1. The average Bonchev–Trinajstić information content (AvgIpc) is 2.22. The highest BCUT2D eigenvalue weighted by Gasteiger charge is 2.11. The standard InChI is InChI=1S/C10H10Cl2N4O2/c1-5(17)18-9-6(4-15-16-10(13)14)2-7(11)3-8(9)12/h2-4H,1H3,(H4,13,14,16). The number of nitrogens with zero attached hydrogens (tertiary/aromatic N) is 2. The number of hydrogen-bond acceptors (Lipinski definition) is 4. The van der Waals surface area contributed by atoms with Gasteiger partial charge in [0.05, 0.1) is 11.2 Å². The van der Waals surface area contributed by atoms with Crippen molar-refractivity contribution in [1.82, 2.24) is 0 Å². The Morgan fingerprint density at radius 2 is 2.06 bits per heavy atom. The molecular weight excluding hydrogens is 279 g/mol. The van der Waals surface area contributed by atoms with Crippen LogP contribution < -0.4 is 16.2 Å². The third-order valence-corrected chi connectivity index (χ3v) is 2.15. The summed E-state index contributed by atoms with van der Waals surface area (Å²) in [6, 6.07) is 2.96. The zero-order valence-electron chi connectivity index (χ0n) is 9.35. The topological polar surface area (TPSA) is 103 Å². The summed E-state index contributed by atoms with van der Waals surface area (Å²) >= 11 is 11.7. The Kier molecular flexibility index (Phi) is 4.94. The SMILES string of the molecule is CC(=O)Oc1c(Cl)cc(Cl)cc1C=NN=C(N)N. The van der Waals surface area contributed by atoms with Crippen LogP contribution in [0.15, 0.2) is 22.3 Å². The molecule has 0 bridgehead atoms. The normalized spacial score (nSPS) is 10.4. The molecule has 1 aromatic rings. The molecule has 18 heavy (non-hydrogen) atoms. The Hall–Kier alpha value is -1.79. The van der Waals surface area contributed by atoms with Gasteiger partial charge in [-0.3, -0.25) is 4.79 Å². The van der Waals surface area contributed by atoms with Crippen LogP contribution in [0.3, 0.4) is 0 Å². The number of carbonyl (C=O) groups excluding carboxylic acids is 1. The number of nitrogens with two attached hydrogens (primary N) is 2. The average molecular weight is 289 g/mol. The molecular formula is C10H10Cl2N4O2. The van der Waals surface area contributed by atoms with Gasteiger partial charge in [0.25, 0.3) is 0 Å². The van der Waals surface area contributed by atoms with Gasteiger partial charge in [-0.1, -0.05) is 23.2 Å². The third-order valence-electron chi connectivity index (χ3n) is 1.65. The maximum atomic E-state index is 11.0. The van der Waals surface area contributed by atoms with Gasteiger partial charge in [0.15, 0.2) is 5.75 Å². The van der Waals surface area contributed by atoms with E-state index in [0.717, 1.165) is 0 Å². The number of rotatable bonds is 3. The summed E-state index contributed by atoms with van der Waals surface area (Å²) in [6.45, 7) is 1.25. The first-order chi connectivity index (χ1) is 8.40.